The molecule has 2 aliphatic rings. The number of amides is 1. The first kappa shape index (κ1) is 14.7. The molecular weight excluding hydrogens is 264 g/mol. The first-order valence-electron chi connectivity index (χ1n) is 6.92. The summed E-state index contributed by atoms with van der Waals surface area (Å²) in [6, 6.07) is -0.0855. The summed E-state index contributed by atoms with van der Waals surface area (Å²) in [5.74, 6) is 1.31. The number of rotatable bonds is 3. The van der Waals surface area contributed by atoms with Gasteiger partial charge in [0, 0.05) is 31.1 Å². The fraction of sp³-hybridized carbons (Fsp3) is 0.846. The molecule has 2 N–H and O–H groups in total. The molecule has 1 atom stereocenters. The van der Waals surface area contributed by atoms with Crippen molar-refractivity contribution in [3.63, 3.8) is 0 Å². The van der Waals surface area contributed by atoms with Crippen LogP contribution in [-0.2, 0) is 9.59 Å². The standard InChI is InChI=1S/C13H22N2O3S/c1-2-13(12(17)18)3-6-15(7-4-13)11(16)10-9-19-8-5-14-10/h10,14H,2-9H2,1H3,(H,17,18). The number of hydrogen-bond acceptors (Lipinski definition) is 4. The zero-order chi connectivity index (χ0) is 13.9. The molecule has 0 aromatic heterocycles. The van der Waals surface area contributed by atoms with Crippen molar-refractivity contribution in [2.75, 3.05) is 31.1 Å². The highest BCUT2D eigenvalue weighted by Gasteiger charge is 2.41. The molecule has 2 rings (SSSR count). The van der Waals surface area contributed by atoms with Gasteiger partial charge in [0.25, 0.3) is 0 Å². The molecule has 0 saturated carbocycles. The van der Waals surface area contributed by atoms with E-state index < -0.39 is 11.4 Å². The number of nitrogens with zero attached hydrogens (tertiary/aromatic N) is 1. The number of likely N-dealkylation sites (tertiary alicyclic amines) is 1. The van der Waals surface area contributed by atoms with Crippen molar-refractivity contribution in [2.45, 2.75) is 32.2 Å². The fourth-order valence-electron chi connectivity index (χ4n) is 2.82. The molecule has 5 nitrogen and oxygen atoms in total. The Morgan fingerprint density at radius 3 is 2.58 bits per heavy atom. The maximum Gasteiger partial charge on any atom is 0.309 e. The van der Waals surface area contributed by atoms with Gasteiger partial charge in [-0.2, -0.15) is 11.8 Å². The molecule has 0 radical (unpaired) electrons. The number of piperidine rings is 1. The maximum atomic E-state index is 12.3. The molecule has 0 aromatic rings. The zero-order valence-electron chi connectivity index (χ0n) is 11.4. The van der Waals surface area contributed by atoms with E-state index in [1.54, 1.807) is 11.8 Å². The quantitative estimate of drug-likeness (QED) is 0.803. The van der Waals surface area contributed by atoms with Crippen molar-refractivity contribution < 1.29 is 14.7 Å². The summed E-state index contributed by atoms with van der Waals surface area (Å²) in [4.78, 5) is 25.5. The van der Waals surface area contributed by atoms with Crippen molar-refractivity contribution in [1.82, 2.24) is 10.2 Å². The van der Waals surface area contributed by atoms with Crippen molar-refractivity contribution in [2.24, 2.45) is 5.41 Å². The zero-order valence-corrected chi connectivity index (χ0v) is 12.2. The van der Waals surface area contributed by atoms with Crippen molar-refractivity contribution in [1.29, 1.82) is 0 Å². The molecule has 0 aliphatic carbocycles. The predicted octanol–water partition coefficient (Wildman–Crippen LogP) is 0.795. The van der Waals surface area contributed by atoms with Crippen LogP contribution in [0.4, 0.5) is 0 Å². The highest BCUT2D eigenvalue weighted by molar-refractivity contribution is 7.99. The molecule has 1 amide bonds. The van der Waals surface area contributed by atoms with E-state index in [0.29, 0.717) is 32.4 Å². The minimum Gasteiger partial charge on any atom is -0.481 e. The molecule has 0 spiro atoms. The lowest BCUT2D eigenvalue weighted by molar-refractivity contribution is -0.154. The SMILES string of the molecule is CCC1(C(=O)O)CCN(C(=O)C2CSCCN2)CC1. The number of carboxylic acid groups (broad SMARTS) is 1. The first-order valence-corrected chi connectivity index (χ1v) is 8.08. The summed E-state index contributed by atoms with van der Waals surface area (Å²) in [5, 5.41) is 12.6. The van der Waals surface area contributed by atoms with E-state index in [1.807, 2.05) is 11.8 Å². The summed E-state index contributed by atoms with van der Waals surface area (Å²) >= 11 is 1.80. The Labute approximate surface area is 118 Å². The van der Waals surface area contributed by atoms with Gasteiger partial charge < -0.3 is 15.3 Å². The fourth-order valence-corrected chi connectivity index (χ4v) is 3.74. The largest absolute Gasteiger partial charge is 0.481 e. The van der Waals surface area contributed by atoms with E-state index in [2.05, 4.69) is 5.32 Å². The molecule has 108 valence electrons. The van der Waals surface area contributed by atoms with Gasteiger partial charge in [0.05, 0.1) is 11.5 Å². The second-order valence-corrected chi connectivity index (χ2v) is 6.50. The van der Waals surface area contributed by atoms with E-state index in [1.165, 1.54) is 0 Å². The predicted molar refractivity (Wildman–Crippen MR) is 75.3 cm³/mol. The highest BCUT2D eigenvalue weighted by Crippen LogP contribution is 2.35. The van der Waals surface area contributed by atoms with Crippen LogP contribution in [0.25, 0.3) is 0 Å². The Hall–Kier alpha value is -0.750. The van der Waals surface area contributed by atoms with Crippen LogP contribution in [0.2, 0.25) is 0 Å². The number of thioether (sulfide) groups is 1. The molecule has 2 saturated heterocycles. The van der Waals surface area contributed by atoms with Gasteiger partial charge in [-0.15, -0.1) is 0 Å². The molecule has 19 heavy (non-hydrogen) atoms. The Kier molecular flexibility index (Phi) is 4.73. The Balaban J connectivity index is 1.92. The van der Waals surface area contributed by atoms with E-state index in [9.17, 15) is 14.7 Å². The van der Waals surface area contributed by atoms with Gasteiger partial charge in [-0.3, -0.25) is 9.59 Å². The second kappa shape index (κ2) is 6.13. The number of aliphatic carboxylic acids is 1. The lowest BCUT2D eigenvalue weighted by atomic mass is 9.76. The summed E-state index contributed by atoms with van der Waals surface area (Å²) in [6.07, 6.45) is 1.79. The molecule has 6 heteroatoms. The van der Waals surface area contributed by atoms with Gasteiger partial charge in [-0.05, 0) is 19.3 Å². The van der Waals surface area contributed by atoms with Crippen molar-refractivity contribution in [3.05, 3.63) is 0 Å². The molecular formula is C13H22N2O3S. The minimum atomic E-state index is -0.714. The monoisotopic (exact) mass is 286 g/mol. The Morgan fingerprint density at radius 2 is 2.11 bits per heavy atom. The lowest BCUT2D eigenvalue weighted by Crippen LogP contribution is -2.54. The van der Waals surface area contributed by atoms with E-state index in [0.717, 1.165) is 18.1 Å². The second-order valence-electron chi connectivity index (χ2n) is 5.35. The lowest BCUT2D eigenvalue weighted by Gasteiger charge is -2.40. The summed E-state index contributed by atoms with van der Waals surface area (Å²) in [7, 11) is 0. The summed E-state index contributed by atoms with van der Waals surface area (Å²) in [6.45, 7) is 3.94. The highest BCUT2D eigenvalue weighted by atomic mass is 32.2. The Bertz CT molecular complexity index is 348. The van der Waals surface area contributed by atoms with E-state index in [4.69, 9.17) is 0 Å². The third-order valence-corrected chi connectivity index (χ3v) is 5.44. The van der Waals surface area contributed by atoms with Crippen molar-refractivity contribution in [3.8, 4) is 0 Å². The maximum absolute atomic E-state index is 12.3. The van der Waals surface area contributed by atoms with Gasteiger partial charge in [-0.1, -0.05) is 6.92 Å². The van der Waals surface area contributed by atoms with Crippen LogP contribution in [-0.4, -0.2) is 59.1 Å². The van der Waals surface area contributed by atoms with Crippen LogP contribution >= 0.6 is 11.8 Å². The van der Waals surface area contributed by atoms with Gasteiger partial charge >= 0.3 is 5.97 Å². The van der Waals surface area contributed by atoms with E-state index >= 15 is 0 Å². The molecule has 0 bridgehead atoms. The average Bonchev–Trinajstić information content (AvgIpc) is 2.47. The van der Waals surface area contributed by atoms with Crippen LogP contribution in [0, 0.1) is 5.41 Å². The van der Waals surface area contributed by atoms with Crippen LogP contribution < -0.4 is 5.32 Å². The van der Waals surface area contributed by atoms with Crippen LogP contribution in [0.1, 0.15) is 26.2 Å². The van der Waals surface area contributed by atoms with Crippen LogP contribution in [0.15, 0.2) is 0 Å². The third-order valence-electron chi connectivity index (χ3n) is 4.38. The van der Waals surface area contributed by atoms with Gasteiger partial charge in [0.15, 0.2) is 0 Å². The molecule has 1 unspecified atom stereocenters. The topological polar surface area (TPSA) is 69.6 Å². The molecule has 2 aliphatic heterocycles. The number of carbonyl (C=O) groups excluding carboxylic acids is 1. The number of nitrogens with one attached hydrogen (secondary N) is 1. The number of carboxylic acids is 1. The number of carbonyl (C=O) groups is 2. The summed E-state index contributed by atoms with van der Waals surface area (Å²) < 4.78 is 0. The molecule has 0 aromatic carbocycles. The summed E-state index contributed by atoms with van der Waals surface area (Å²) in [5.41, 5.74) is -0.620. The average molecular weight is 286 g/mol. The molecule has 2 heterocycles. The smallest absolute Gasteiger partial charge is 0.309 e. The van der Waals surface area contributed by atoms with E-state index in [-0.39, 0.29) is 11.9 Å². The normalized spacial score (nSPS) is 27.0. The first-order chi connectivity index (χ1) is 9.09. The Morgan fingerprint density at radius 1 is 1.42 bits per heavy atom. The van der Waals surface area contributed by atoms with Gasteiger partial charge in [0.2, 0.25) is 5.91 Å². The van der Waals surface area contributed by atoms with Crippen LogP contribution in [0.5, 0.6) is 0 Å². The van der Waals surface area contributed by atoms with Gasteiger partial charge in [-0.25, -0.2) is 0 Å². The van der Waals surface area contributed by atoms with Gasteiger partial charge in [0.1, 0.15) is 0 Å². The van der Waals surface area contributed by atoms with Crippen LogP contribution in [0.3, 0.4) is 0 Å². The minimum absolute atomic E-state index is 0.0855. The molecule has 2 fully saturated rings. The number of hydrogen-bond donors (Lipinski definition) is 2. The third kappa shape index (κ3) is 3.05. The van der Waals surface area contributed by atoms with Crippen molar-refractivity contribution >= 4 is 23.6 Å².